The van der Waals surface area contributed by atoms with Crippen LogP contribution in [-0.4, -0.2) is 12.6 Å². The van der Waals surface area contributed by atoms with Gasteiger partial charge in [-0.2, -0.15) is 13.2 Å². The fourth-order valence-electron chi connectivity index (χ4n) is 3.26. The zero-order valence-corrected chi connectivity index (χ0v) is 18.2. The van der Waals surface area contributed by atoms with Crippen molar-refractivity contribution in [3.05, 3.63) is 99.4 Å². The molecule has 1 aromatic heterocycles. The van der Waals surface area contributed by atoms with E-state index in [1.54, 1.807) is 24.3 Å². The first kappa shape index (κ1) is 23.4. The third kappa shape index (κ3) is 5.23. The number of carbonyl (C=O) groups excluding carboxylic acids is 1. The Bertz CT molecular complexity index is 1380. The molecule has 0 aliphatic heterocycles. The van der Waals surface area contributed by atoms with E-state index in [1.807, 2.05) is 6.07 Å². The number of ether oxygens (including phenoxy) is 2. The molecule has 3 aromatic carbocycles. The smallest absolute Gasteiger partial charge is 0.450 e. The first-order valence-corrected chi connectivity index (χ1v) is 10.4. The van der Waals surface area contributed by atoms with Gasteiger partial charge in [-0.15, -0.1) is 0 Å². The number of benzene rings is 3. The largest absolute Gasteiger partial charge is 0.482 e. The van der Waals surface area contributed by atoms with Crippen LogP contribution in [0.1, 0.15) is 11.3 Å². The number of rotatable bonds is 6. The van der Waals surface area contributed by atoms with Gasteiger partial charge in [0, 0.05) is 11.1 Å². The van der Waals surface area contributed by atoms with Gasteiger partial charge in [0.1, 0.15) is 17.9 Å². The highest BCUT2D eigenvalue weighted by Crippen LogP contribution is 2.38. The number of halogens is 4. The standard InChI is InChI=1S/C25H16ClF3O5/c26-17-8-6-16(7-9-17)22-23(31)19-11-10-18(12-20(19)34-24(22)25(27,28)29)32-14-21(30)33-13-15-4-2-1-3-5-15/h1-12H,13-14H2. The van der Waals surface area contributed by atoms with Gasteiger partial charge in [0.05, 0.1) is 10.9 Å². The van der Waals surface area contributed by atoms with Crippen LogP contribution in [0.4, 0.5) is 13.2 Å². The lowest BCUT2D eigenvalue weighted by atomic mass is 10.0. The van der Waals surface area contributed by atoms with Crippen LogP contribution < -0.4 is 10.2 Å². The zero-order valence-electron chi connectivity index (χ0n) is 17.4. The number of alkyl halides is 3. The van der Waals surface area contributed by atoms with E-state index in [-0.39, 0.29) is 28.9 Å². The third-order valence-corrected chi connectivity index (χ3v) is 5.11. The lowest BCUT2D eigenvalue weighted by Crippen LogP contribution is -2.16. The quantitative estimate of drug-likeness (QED) is 0.300. The molecule has 0 unspecified atom stereocenters. The van der Waals surface area contributed by atoms with Gasteiger partial charge in [0.2, 0.25) is 11.2 Å². The van der Waals surface area contributed by atoms with Crippen LogP contribution in [0, 0.1) is 0 Å². The molecule has 0 N–H and O–H groups in total. The van der Waals surface area contributed by atoms with Gasteiger partial charge < -0.3 is 13.9 Å². The second kappa shape index (κ2) is 9.61. The van der Waals surface area contributed by atoms with E-state index in [9.17, 15) is 22.8 Å². The fourth-order valence-corrected chi connectivity index (χ4v) is 3.39. The van der Waals surface area contributed by atoms with E-state index in [0.717, 1.165) is 11.6 Å². The fraction of sp³-hybridized carbons (Fsp3) is 0.120. The average molecular weight is 489 g/mol. The van der Waals surface area contributed by atoms with E-state index >= 15 is 0 Å². The molecule has 34 heavy (non-hydrogen) atoms. The van der Waals surface area contributed by atoms with Crippen LogP contribution in [-0.2, 0) is 22.3 Å². The van der Waals surface area contributed by atoms with Crippen LogP contribution in [0.15, 0.2) is 82.0 Å². The molecule has 5 nitrogen and oxygen atoms in total. The summed E-state index contributed by atoms with van der Waals surface area (Å²) in [5.74, 6) is -2.06. The van der Waals surface area contributed by atoms with Crippen LogP contribution in [0.25, 0.3) is 22.1 Å². The van der Waals surface area contributed by atoms with Crippen molar-refractivity contribution in [3.63, 3.8) is 0 Å². The molecule has 0 saturated heterocycles. The van der Waals surface area contributed by atoms with Gasteiger partial charge >= 0.3 is 12.1 Å². The molecule has 0 aliphatic carbocycles. The first-order chi connectivity index (χ1) is 16.2. The second-order valence-electron chi connectivity index (χ2n) is 7.23. The molecule has 4 aromatic rings. The molecule has 0 atom stereocenters. The maximum absolute atomic E-state index is 13.7. The van der Waals surface area contributed by atoms with Crippen LogP contribution >= 0.6 is 11.6 Å². The predicted octanol–water partition coefficient (Wildman–Crippen LogP) is 6.25. The summed E-state index contributed by atoms with van der Waals surface area (Å²) >= 11 is 5.81. The van der Waals surface area contributed by atoms with Crippen LogP contribution in [0.2, 0.25) is 5.02 Å². The first-order valence-electron chi connectivity index (χ1n) is 9.99. The summed E-state index contributed by atoms with van der Waals surface area (Å²) in [6, 6.07) is 18.2. The minimum absolute atomic E-state index is 0.0221. The lowest BCUT2D eigenvalue weighted by molar-refractivity contribution is -0.152. The SMILES string of the molecule is O=C(COc1ccc2c(=O)c(-c3ccc(Cl)cc3)c(C(F)(F)F)oc2c1)OCc1ccccc1. The highest BCUT2D eigenvalue weighted by molar-refractivity contribution is 6.30. The van der Waals surface area contributed by atoms with E-state index < -0.39 is 35.5 Å². The Hall–Kier alpha value is -3.78. The normalized spacial score (nSPS) is 11.4. The van der Waals surface area contributed by atoms with Crippen LogP contribution in [0.3, 0.4) is 0 Å². The maximum Gasteiger partial charge on any atom is 0.450 e. The molecule has 0 saturated carbocycles. The molecule has 0 amide bonds. The van der Waals surface area contributed by atoms with Crippen molar-refractivity contribution in [1.82, 2.24) is 0 Å². The van der Waals surface area contributed by atoms with Crippen molar-refractivity contribution < 1.29 is 31.9 Å². The number of hydrogen-bond donors (Lipinski definition) is 0. The molecule has 4 rings (SSSR count). The monoisotopic (exact) mass is 488 g/mol. The molecule has 0 radical (unpaired) electrons. The van der Waals surface area contributed by atoms with Crippen molar-refractivity contribution in [2.45, 2.75) is 12.8 Å². The average Bonchev–Trinajstić information content (AvgIpc) is 2.82. The summed E-state index contributed by atoms with van der Waals surface area (Å²) in [7, 11) is 0. The molecule has 0 spiro atoms. The number of hydrogen-bond acceptors (Lipinski definition) is 5. The molecule has 0 fully saturated rings. The summed E-state index contributed by atoms with van der Waals surface area (Å²) in [6.07, 6.45) is -4.93. The zero-order chi connectivity index (χ0) is 24.3. The van der Waals surface area contributed by atoms with Gasteiger partial charge in [-0.3, -0.25) is 4.79 Å². The van der Waals surface area contributed by atoms with Gasteiger partial charge in [-0.05, 0) is 35.4 Å². The van der Waals surface area contributed by atoms with Crippen molar-refractivity contribution in [2.75, 3.05) is 6.61 Å². The van der Waals surface area contributed by atoms with Crippen molar-refractivity contribution in [1.29, 1.82) is 0 Å². The number of carbonyl (C=O) groups is 1. The summed E-state index contributed by atoms with van der Waals surface area (Å²) in [5, 5.41) is 0.239. The Kier molecular flexibility index (Phi) is 6.61. The van der Waals surface area contributed by atoms with Gasteiger partial charge in [-0.25, -0.2) is 4.79 Å². The van der Waals surface area contributed by atoms with Crippen molar-refractivity contribution in [3.8, 4) is 16.9 Å². The van der Waals surface area contributed by atoms with Crippen molar-refractivity contribution in [2.24, 2.45) is 0 Å². The van der Waals surface area contributed by atoms with Crippen molar-refractivity contribution >= 4 is 28.5 Å². The molecule has 9 heteroatoms. The number of esters is 1. The maximum atomic E-state index is 13.7. The Labute approximate surface area is 196 Å². The Morgan fingerprint density at radius 3 is 2.35 bits per heavy atom. The highest BCUT2D eigenvalue weighted by Gasteiger charge is 2.39. The molecule has 0 aliphatic rings. The Morgan fingerprint density at radius 2 is 1.68 bits per heavy atom. The Balaban J connectivity index is 1.60. The molecular formula is C25H16ClF3O5. The van der Waals surface area contributed by atoms with E-state index in [2.05, 4.69) is 0 Å². The molecule has 174 valence electrons. The molecule has 1 heterocycles. The van der Waals surface area contributed by atoms with Gasteiger partial charge in [0.15, 0.2) is 6.61 Å². The van der Waals surface area contributed by atoms with Gasteiger partial charge in [0.25, 0.3) is 0 Å². The van der Waals surface area contributed by atoms with Crippen LogP contribution in [0.5, 0.6) is 5.75 Å². The highest BCUT2D eigenvalue weighted by atomic mass is 35.5. The number of fused-ring (bicyclic) bond motifs is 1. The predicted molar refractivity (Wildman–Crippen MR) is 120 cm³/mol. The lowest BCUT2D eigenvalue weighted by Gasteiger charge is -2.13. The Morgan fingerprint density at radius 1 is 0.971 bits per heavy atom. The second-order valence-corrected chi connectivity index (χ2v) is 7.67. The van der Waals surface area contributed by atoms with E-state index in [0.29, 0.717) is 5.02 Å². The summed E-state index contributed by atoms with van der Waals surface area (Å²) in [6.45, 7) is -0.421. The van der Waals surface area contributed by atoms with E-state index in [4.69, 9.17) is 25.5 Å². The molecule has 0 bridgehead atoms. The summed E-state index contributed by atoms with van der Waals surface area (Å²) < 4.78 is 56.8. The van der Waals surface area contributed by atoms with Gasteiger partial charge in [-0.1, -0.05) is 54.1 Å². The molecular weight excluding hydrogens is 473 g/mol. The minimum Gasteiger partial charge on any atom is -0.482 e. The topological polar surface area (TPSA) is 65.7 Å². The third-order valence-electron chi connectivity index (χ3n) is 4.85. The summed E-state index contributed by atoms with van der Waals surface area (Å²) in [5.41, 5.74) is -0.988. The minimum atomic E-state index is -4.93. The summed E-state index contributed by atoms with van der Waals surface area (Å²) in [4.78, 5) is 24.9. The van der Waals surface area contributed by atoms with E-state index in [1.165, 1.54) is 36.4 Å².